The monoisotopic (exact) mass is 366 g/mol. The van der Waals surface area contributed by atoms with Crippen LogP contribution in [0, 0.1) is 6.92 Å². The lowest BCUT2D eigenvalue weighted by Crippen LogP contribution is -2.44. The minimum Gasteiger partial charge on any atom is -0.340 e. The molecule has 5 nitrogen and oxygen atoms in total. The molecule has 1 atom stereocenters. The van der Waals surface area contributed by atoms with Crippen molar-refractivity contribution >= 4 is 15.9 Å². The fourth-order valence-electron chi connectivity index (χ4n) is 3.38. The Bertz CT molecular complexity index is 670. The van der Waals surface area contributed by atoms with Crippen molar-refractivity contribution in [2.45, 2.75) is 58.5 Å². The minimum absolute atomic E-state index is 0.0732. The number of rotatable bonds is 7. The molecule has 0 aliphatic carbocycles. The van der Waals surface area contributed by atoms with Gasteiger partial charge in [0.25, 0.3) is 0 Å². The zero-order valence-corrected chi connectivity index (χ0v) is 16.4. The average molecular weight is 367 g/mol. The highest BCUT2D eigenvalue weighted by Crippen LogP contribution is 2.20. The van der Waals surface area contributed by atoms with Gasteiger partial charge in [-0.05, 0) is 38.2 Å². The largest absolute Gasteiger partial charge is 0.340 e. The molecule has 0 saturated carbocycles. The number of amides is 1. The number of hydrogen-bond acceptors (Lipinski definition) is 3. The molecule has 0 aromatic heterocycles. The molecule has 0 N–H and O–H groups in total. The predicted octanol–water partition coefficient (Wildman–Crippen LogP) is 2.94. The molecule has 6 heteroatoms. The summed E-state index contributed by atoms with van der Waals surface area (Å²) in [4.78, 5) is 14.6. The van der Waals surface area contributed by atoms with E-state index in [-0.39, 0.29) is 18.9 Å². The van der Waals surface area contributed by atoms with Crippen molar-refractivity contribution < 1.29 is 13.2 Å². The van der Waals surface area contributed by atoms with Crippen molar-refractivity contribution in [3.05, 3.63) is 35.4 Å². The fourth-order valence-corrected chi connectivity index (χ4v) is 4.18. The van der Waals surface area contributed by atoms with Crippen LogP contribution in [-0.2, 0) is 21.4 Å². The second-order valence-corrected chi connectivity index (χ2v) is 8.96. The molecule has 1 aliphatic heterocycles. The van der Waals surface area contributed by atoms with Gasteiger partial charge in [-0.3, -0.25) is 4.79 Å². The maximum absolute atomic E-state index is 12.6. The first-order valence-corrected chi connectivity index (χ1v) is 11.0. The van der Waals surface area contributed by atoms with E-state index < -0.39 is 10.0 Å². The van der Waals surface area contributed by atoms with Crippen LogP contribution in [0.5, 0.6) is 0 Å². The van der Waals surface area contributed by atoms with Gasteiger partial charge in [-0.1, -0.05) is 36.8 Å². The van der Waals surface area contributed by atoms with E-state index >= 15 is 0 Å². The predicted molar refractivity (Wildman–Crippen MR) is 101 cm³/mol. The lowest BCUT2D eigenvalue weighted by Gasteiger charge is -2.35. The smallest absolute Gasteiger partial charge is 0.224 e. The second-order valence-electron chi connectivity index (χ2n) is 6.98. The van der Waals surface area contributed by atoms with Gasteiger partial charge < -0.3 is 4.90 Å². The third kappa shape index (κ3) is 5.82. The summed E-state index contributed by atoms with van der Waals surface area (Å²) in [5.74, 6) is 0.0732. The Kier molecular flexibility index (Phi) is 7.02. The van der Waals surface area contributed by atoms with Crippen molar-refractivity contribution in [1.29, 1.82) is 0 Å². The zero-order valence-electron chi connectivity index (χ0n) is 15.6. The second kappa shape index (κ2) is 8.81. The number of likely N-dealkylation sites (tertiary alicyclic amines) is 1. The molecule has 1 saturated heterocycles. The van der Waals surface area contributed by atoms with E-state index in [1.807, 2.05) is 36.1 Å². The maximum Gasteiger partial charge on any atom is 0.224 e. The Morgan fingerprint density at radius 3 is 2.52 bits per heavy atom. The third-order valence-electron chi connectivity index (χ3n) is 4.94. The Balaban J connectivity index is 2.00. The quantitative estimate of drug-likeness (QED) is 0.745. The molecular weight excluding hydrogens is 336 g/mol. The third-order valence-corrected chi connectivity index (χ3v) is 6.19. The maximum atomic E-state index is 12.6. The van der Waals surface area contributed by atoms with Gasteiger partial charge >= 0.3 is 0 Å². The van der Waals surface area contributed by atoms with Crippen molar-refractivity contribution in [2.24, 2.45) is 0 Å². The van der Waals surface area contributed by atoms with Crippen LogP contribution in [-0.4, -0.2) is 48.9 Å². The highest BCUT2D eigenvalue weighted by molar-refractivity contribution is 7.88. The molecule has 1 unspecified atom stereocenters. The summed E-state index contributed by atoms with van der Waals surface area (Å²) in [6.45, 7) is 5.45. The molecule has 1 aromatic rings. The normalized spacial score (nSPS) is 18.6. The van der Waals surface area contributed by atoms with E-state index in [0.29, 0.717) is 12.6 Å². The van der Waals surface area contributed by atoms with Crippen LogP contribution in [0.4, 0.5) is 0 Å². The van der Waals surface area contributed by atoms with E-state index in [0.717, 1.165) is 36.9 Å². The highest BCUT2D eigenvalue weighted by atomic mass is 32.2. The number of carbonyl (C=O) groups excluding carboxylic acids is 1. The summed E-state index contributed by atoms with van der Waals surface area (Å²) in [5.41, 5.74) is 2.08. The molecule has 25 heavy (non-hydrogen) atoms. The lowest BCUT2D eigenvalue weighted by molar-refractivity contribution is -0.135. The standard InChI is InChI=1S/C19H30N2O3S/c1-4-18-7-5-6-13-21(18)19(22)12-14-20(25(3,23)24)15-17-10-8-16(2)9-11-17/h8-11,18H,4-7,12-15H2,1-3H3. The van der Waals surface area contributed by atoms with Gasteiger partial charge in [0.05, 0.1) is 6.26 Å². The van der Waals surface area contributed by atoms with Gasteiger partial charge in [-0.2, -0.15) is 4.31 Å². The molecule has 0 bridgehead atoms. The molecule has 140 valence electrons. The molecule has 0 radical (unpaired) electrons. The van der Waals surface area contributed by atoms with Gasteiger partial charge in [-0.15, -0.1) is 0 Å². The van der Waals surface area contributed by atoms with E-state index in [2.05, 4.69) is 6.92 Å². The Labute approximate surface area is 152 Å². The first-order valence-electron chi connectivity index (χ1n) is 9.11. The van der Waals surface area contributed by atoms with Crippen LogP contribution in [0.25, 0.3) is 0 Å². The van der Waals surface area contributed by atoms with E-state index in [9.17, 15) is 13.2 Å². The summed E-state index contributed by atoms with van der Waals surface area (Å²) in [7, 11) is -3.36. The van der Waals surface area contributed by atoms with Gasteiger partial charge in [0.1, 0.15) is 0 Å². The van der Waals surface area contributed by atoms with E-state index in [1.54, 1.807) is 0 Å². The molecule has 0 spiro atoms. The lowest BCUT2D eigenvalue weighted by atomic mass is 9.99. The van der Waals surface area contributed by atoms with Gasteiger partial charge in [0.2, 0.25) is 15.9 Å². The van der Waals surface area contributed by atoms with Crippen LogP contribution in [0.3, 0.4) is 0 Å². The Morgan fingerprint density at radius 2 is 1.92 bits per heavy atom. The van der Waals surface area contributed by atoms with Crippen LogP contribution < -0.4 is 0 Å². The SMILES string of the molecule is CCC1CCCCN1C(=O)CCN(Cc1ccc(C)cc1)S(C)(=O)=O. The molecule has 1 fully saturated rings. The van der Waals surface area contributed by atoms with Crippen molar-refractivity contribution in [2.75, 3.05) is 19.3 Å². The summed E-state index contributed by atoms with van der Waals surface area (Å²) in [6.07, 6.45) is 5.69. The summed E-state index contributed by atoms with van der Waals surface area (Å²) < 4.78 is 25.6. The summed E-state index contributed by atoms with van der Waals surface area (Å²) in [6, 6.07) is 8.13. The number of piperidine rings is 1. The first kappa shape index (κ1) is 19.9. The summed E-state index contributed by atoms with van der Waals surface area (Å²) in [5, 5.41) is 0. The van der Waals surface area contributed by atoms with Gasteiger partial charge in [0, 0.05) is 32.1 Å². The Hall–Kier alpha value is -1.40. The fraction of sp³-hybridized carbons (Fsp3) is 0.632. The number of hydrogen-bond donors (Lipinski definition) is 0. The number of aryl methyl sites for hydroxylation is 1. The van der Waals surface area contributed by atoms with Crippen LogP contribution in [0.1, 0.15) is 50.2 Å². The molecule has 1 heterocycles. The van der Waals surface area contributed by atoms with Crippen LogP contribution in [0.2, 0.25) is 0 Å². The van der Waals surface area contributed by atoms with Gasteiger partial charge in [-0.25, -0.2) is 8.42 Å². The number of sulfonamides is 1. The van der Waals surface area contributed by atoms with Crippen molar-refractivity contribution in [3.63, 3.8) is 0 Å². The van der Waals surface area contributed by atoms with Crippen molar-refractivity contribution in [1.82, 2.24) is 9.21 Å². The number of carbonyl (C=O) groups is 1. The Morgan fingerprint density at radius 1 is 1.24 bits per heavy atom. The minimum atomic E-state index is -3.36. The van der Waals surface area contributed by atoms with Crippen LogP contribution in [0.15, 0.2) is 24.3 Å². The average Bonchev–Trinajstić information content (AvgIpc) is 2.58. The van der Waals surface area contributed by atoms with E-state index in [1.165, 1.54) is 17.0 Å². The highest BCUT2D eigenvalue weighted by Gasteiger charge is 2.26. The zero-order chi connectivity index (χ0) is 18.4. The molecule has 1 aliphatic rings. The molecule has 1 amide bonds. The number of nitrogens with zero attached hydrogens (tertiary/aromatic N) is 2. The molecule has 1 aromatic carbocycles. The van der Waals surface area contributed by atoms with Crippen LogP contribution >= 0.6 is 0 Å². The van der Waals surface area contributed by atoms with E-state index in [4.69, 9.17) is 0 Å². The number of benzene rings is 1. The molecule has 2 rings (SSSR count). The first-order chi connectivity index (χ1) is 11.8. The molecular formula is C19H30N2O3S. The summed E-state index contributed by atoms with van der Waals surface area (Å²) >= 11 is 0. The van der Waals surface area contributed by atoms with Crippen molar-refractivity contribution in [3.8, 4) is 0 Å². The van der Waals surface area contributed by atoms with Gasteiger partial charge in [0.15, 0.2) is 0 Å². The topological polar surface area (TPSA) is 57.7 Å².